The Hall–Kier alpha value is -6.25. The van der Waals surface area contributed by atoms with Gasteiger partial charge in [0.2, 0.25) is 0 Å². The predicted molar refractivity (Wildman–Crippen MR) is 206 cm³/mol. The zero-order valence-corrected chi connectivity index (χ0v) is 31.1. The minimum Gasteiger partial charge on any atom is -0.461 e. The lowest BCUT2D eigenvalue weighted by Gasteiger charge is -2.13. The van der Waals surface area contributed by atoms with Crippen LogP contribution >= 0.6 is 22.6 Å². The third kappa shape index (κ3) is 8.72. The molecule has 0 bridgehead atoms. The van der Waals surface area contributed by atoms with Crippen LogP contribution in [0.3, 0.4) is 0 Å². The van der Waals surface area contributed by atoms with Crippen LogP contribution in [0.1, 0.15) is 46.0 Å². The molecule has 0 aliphatic heterocycles. The third-order valence-electron chi connectivity index (χ3n) is 7.69. The first-order chi connectivity index (χ1) is 25.1. The van der Waals surface area contributed by atoms with Crippen LogP contribution < -0.4 is 4.90 Å². The van der Waals surface area contributed by atoms with E-state index in [0.717, 1.165) is 43.1 Å². The number of carbonyl (C=O) groups is 2. The number of esters is 2. The van der Waals surface area contributed by atoms with Crippen LogP contribution in [-0.4, -0.2) is 58.8 Å². The molecule has 0 N–H and O–H groups in total. The van der Waals surface area contributed by atoms with Crippen molar-refractivity contribution in [1.29, 1.82) is 10.5 Å². The van der Waals surface area contributed by atoms with Gasteiger partial charge in [0.15, 0.2) is 11.4 Å². The van der Waals surface area contributed by atoms with E-state index in [1.165, 1.54) is 0 Å². The number of anilines is 1. The maximum atomic E-state index is 12.2. The van der Waals surface area contributed by atoms with E-state index in [0.29, 0.717) is 17.7 Å². The summed E-state index contributed by atoms with van der Waals surface area (Å²) in [6, 6.07) is 37.7. The van der Waals surface area contributed by atoms with E-state index in [4.69, 9.17) is 20.0 Å². The van der Waals surface area contributed by atoms with E-state index in [2.05, 4.69) is 44.9 Å². The van der Waals surface area contributed by atoms with E-state index in [9.17, 15) is 9.59 Å². The molecule has 0 atom stereocenters. The average molecular weight is 804 g/mol. The Morgan fingerprint density at radius 2 is 1.04 bits per heavy atom. The Bertz CT molecular complexity index is 2240. The molecule has 0 radical (unpaired) electrons. The summed E-state index contributed by atoms with van der Waals surface area (Å²) in [5.41, 5.74) is 7.61. The molecule has 6 aromatic rings. The van der Waals surface area contributed by atoms with Crippen molar-refractivity contribution in [2.24, 2.45) is 0 Å². The summed E-state index contributed by atoms with van der Waals surface area (Å²) in [6.07, 6.45) is 0. The highest BCUT2D eigenvalue weighted by molar-refractivity contribution is 14.1. The molecule has 4 aromatic carbocycles. The number of rotatable bonds is 9. The standard InChI is InChI=1S/C21H20N4O2.C19H14IN3O2/c1-4-27-21(26)19-13-20(16-7-5-15(14-22)6-8-16)25(23-19)18-11-9-17(10-12-18)24(2)3;1-2-25-19(24)17-11-18(14-5-3-13(12-21)4-6-14)23(22-17)16-9-7-15(20)8-10-16/h5-13H,4H2,1-3H3;3-11H,2H2,1H3. The van der Waals surface area contributed by atoms with Gasteiger partial charge in [0.1, 0.15) is 0 Å². The van der Waals surface area contributed by atoms with Gasteiger partial charge in [-0.05, 0) is 121 Å². The molecule has 0 saturated heterocycles. The van der Waals surface area contributed by atoms with Crippen molar-refractivity contribution in [3.05, 3.63) is 135 Å². The Morgan fingerprint density at radius 1 is 0.654 bits per heavy atom. The second-order valence-corrected chi connectivity index (χ2v) is 12.6. The van der Waals surface area contributed by atoms with Crippen LogP contribution in [0.2, 0.25) is 0 Å². The number of aromatic nitrogens is 4. The molecule has 0 spiro atoms. The smallest absolute Gasteiger partial charge is 0.358 e. The van der Waals surface area contributed by atoms with Gasteiger partial charge in [-0.25, -0.2) is 19.0 Å². The summed E-state index contributed by atoms with van der Waals surface area (Å²) in [5.74, 6) is -0.919. The molecule has 52 heavy (non-hydrogen) atoms. The predicted octanol–water partition coefficient (Wildman–Crippen LogP) is 7.85. The summed E-state index contributed by atoms with van der Waals surface area (Å²) in [7, 11) is 3.95. The van der Waals surface area contributed by atoms with Gasteiger partial charge >= 0.3 is 11.9 Å². The molecular formula is C40H34IN7O4. The second-order valence-electron chi connectivity index (χ2n) is 11.4. The van der Waals surface area contributed by atoms with Gasteiger partial charge in [-0.3, -0.25) is 0 Å². The largest absolute Gasteiger partial charge is 0.461 e. The van der Waals surface area contributed by atoms with E-state index in [1.807, 2.05) is 91.8 Å². The first-order valence-corrected chi connectivity index (χ1v) is 17.3. The van der Waals surface area contributed by atoms with Crippen LogP contribution in [0, 0.1) is 26.2 Å². The Balaban J connectivity index is 0.000000202. The molecular weight excluding hydrogens is 769 g/mol. The molecule has 2 aromatic heterocycles. The van der Waals surface area contributed by atoms with Gasteiger partial charge < -0.3 is 14.4 Å². The highest BCUT2D eigenvalue weighted by Gasteiger charge is 2.19. The second kappa shape index (κ2) is 17.1. The first-order valence-electron chi connectivity index (χ1n) is 16.2. The number of nitriles is 2. The number of hydrogen-bond donors (Lipinski definition) is 0. The fourth-order valence-electron chi connectivity index (χ4n) is 5.08. The van der Waals surface area contributed by atoms with E-state index < -0.39 is 11.9 Å². The molecule has 0 aliphatic rings. The van der Waals surface area contributed by atoms with Crippen LogP contribution in [-0.2, 0) is 9.47 Å². The molecule has 260 valence electrons. The van der Waals surface area contributed by atoms with Gasteiger partial charge in [0.05, 0.1) is 59.2 Å². The zero-order chi connectivity index (χ0) is 37.2. The van der Waals surface area contributed by atoms with Crippen LogP contribution in [0.25, 0.3) is 33.9 Å². The number of hydrogen-bond acceptors (Lipinski definition) is 9. The summed E-state index contributed by atoms with van der Waals surface area (Å²) < 4.78 is 14.7. The van der Waals surface area contributed by atoms with Crippen LogP contribution in [0.5, 0.6) is 0 Å². The zero-order valence-electron chi connectivity index (χ0n) is 28.9. The lowest BCUT2D eigenvalue weighted by atomic mass is 10.1. The Kier molecular flexibility index (Phi) is 12.2. The number of benzene rings is 4. The quantitative estimate of drug-likeness (QED) is 0.106. The maximum absolute atomic E-state index is 12.2. The van der Waals surface area contributed by atoms with Crippen molar-refractivity contribution >= 4 is 40.2 Å². The molecule has 0 saturated carbocycles. The molecule has 0 unspecified atom stereocenters. The minimum absolute atomic E-state index is 0.243. The summed E-state index contributed by atoms with van der Waals surface area (Å²) in [4.78, 5) is 26.3. The van der Waals surface area contributed by atoms with Crippen molar-refractivity contribution < 1.29 is 19.1 Å². The summed E-state index contributed by atoms with van der Waals surface area (Å²) >= 11 is 2.24. The molecule has 2 heterocycles. The van der Waals surface area contributed by atoms with Crippen molar-refractivity contribution in [3.63, 3.8) is 0 Å². The SMILES string of the molecule is CCOC(=O)c1cc(-c2ccc(C#N)cc2)n(-c2ccc(I)cc2)n1.CCOC(=O)c1cc(-c2ccc(C#N)cc2)n(-c2ccc(N(C)C)cc2)n1. The first kappa shape index (κ1) is 37.0. The third-order valence-corrected chi connectivity index (χ3v) is 8.41. The Labute approximate surface area is 315 Å². The topological polar surface area (TPSA) is 139 Å². The number of nitrogens with zero attached hydrogens (tertiary/aromatic N) is 7. The van der Waals surface area contributed by atoms with Gasteiger partial charge in [-0.1, -0.05) is 24.3 Å². The van der Waals surface area contributed by atoms with E-state index >= 15 is 0 Å². The van der Waals surface area contributed by atoms with Crippen molar-refractivity contribution in [2.75, 3.05) is 32.2 Å². The lowest BCUT2D eigenvalue weighted by molar-refractivity contribution is 0.0509. The molecule has 0 aliphatic carbocycles. The lowest BCUT2D eigenvalue weighted by Crippen LogP contribution is -2.09. The van der Waals surface area contributed by atoms with Crippen molar-refractivity contribution in [2.45, 2.75) is 13.8 Å². The molecule has 12 heteroatoms. The normalized spacial score (nSPS) is 10.3. The van der Waals surface area contributed by atoms with Crippen molar-refractivity contribution in [3.8, 4) is 46.0 Å². The average Bonchev–Trinajstić information content (AvgIpc) is 3.82. The maximum Gasteiger partial charge on any atom is 0.358 e. The monoisotopic (exact) mass is 803 g/mol. The fraction of sp³-hybridized carbons (Fsp3) is 0.150. The molecule has 11 nitrogen and oxygen atoms in total. The van der Waals surface area contributed by atoms with Crippen molar-refractivity contribution in [1.82, 2.24) is 19.6 Å². The van der Waals surface area contributed by atoms with Gasteiger partial charge in [0, 0.05) is 34.5 Å². The molecule has 0 amide bonds. The minimum atomic E-state index is -0.462. The fourth-order valence-corrected chi connectivity index (χ4v) is 5.44. The van der Waals surface area contributed by atoms with Gasteiger partial charge in [-0.15, -0.1) is 0 Å². The number of ether oxygens (including phenoxy) is 2. The van der Waals surface area contributed by atoms with Gasteiger partial charge in [0.25, 0.3) is 0 Å². The number of halogens is 1. The number of carbonyl (C=O) groups excluding carboxylic acids is 2. The molecule has 0 fully saturated rings. The highest BCUT2D eigenvalue weighted by atomic mass is 127. The van der Waals surface area contributed by atoms with Crippen LogP contribution in [0.15, 0.2) is 109 Å². The van der Waals surface area contributed by atoms with E-state index in [-0.39, 0.29) is 18.0 Å². The molecule has 6 rings (SSSR count). The summed E-state index contributed by atoms with van der Waals surface area (Å²) in [6.45, 7) is 4.10. The van der Waals surface area contributed by atoms with Crippen LogP contribution in [0.4, 0.5) is 5.69 Å². The van der Waals surface area contributed by atoms with E-state index in [1.54, 1.807) is 59.6 Å². The highest BCUT2D eigenvalue weighted by Crippen LogP contribution is 2.27. The Morgan fingerprint density at radius 3 is 1.38 bits per heavy atom. The summed E-state index contributed by atoms with van der Waals surface area (Å²) in [5, 5.41) is 26.8. The van der Waals surface area contributed by atoms with Gasteiger partial charge in [-0.2, -0.15) is 20.7 Å².